The molecule has 0 saturated carbocycles. The van der Waals surface area contributed by atoms with Gasteiger partial charge in [-0.2, -0.15) is 0 Å². The molecule has 104 valence electrons. The molecule has 0 spiro atoms. The van der Waals surface area contributed by atoms with Gasteiger partial charge in [0.25, 0.3) is 0 Å². The molecular weight excluding hydrogens is 328 g/mol. The molecule has 1 aliphatic heterocycles. The smallest absolute Gasteiger partial charge is 0.234 e. The summed E-state index contributed by atoms with van der Waals surface area (Å²) in [5.41, 5.74) is 0.449. The Morgan fingerprint density at radius 2 is 2.21 bits per heavy atom. The summed E-state index contributed by atoms with van der Waals surface area (Å²) in [5, 5.41) is 16.2. The topological polar surface area (TPSA) is 61.4 Å². The monoisotopic (exact) mass is 344 g/mol. The van der Waals surface area contributed by atoms with E-state index in [-0.39, 0.29) is 11.7 Å². The average Bonchev–Trinajstić information content (AvgIpc) is 2.42. The minimum absolute atomic E-state index is 0.0723. The van der Waals surface area contributed by atoms with E-state index in [0.29, 0.717) is 16.7 Å². The number of carbonyl (C=O) groups is 1. The first-order chi connectivity index (χ1) is 9.15. The van der Waals surface area contributed by atoms with Gasteiger partial charge < -0.3 is 15.7 Å². The number of anilines is 1. The Morgan fingerprint density at radius 3 is 2.95 bits per heavy atom. The van der Waals surface area contributed by atoms with Gasteiger partial charge in [0, 0.05) is 9.72 Å². The van der Waals surface area contributed by atoms with E-state index in [9.17, 15) is 9.90 Å². The zero-order valence-corrected chi connectivity index (χ0v) is 12.9. The van der Waals surface area contributed by atoms with Crippen LogP contribution in [0.4, 0.5) is 5.69 Å². The molecule has 1 aliphatic rings. The van der Waals surface area contributed by atoms with E-state index in [1.165, 1.54) is 0 Å². The van der Waals surface area contributed by atoms with E-state index >= 15 is 0 Å². The first-order valence-corrected chi connectivity index (χ1v) is 8.10. The second-order valence-corrected chi connectivity index (χ2v) is 6.67. The first-order valence-electron chi connectivity index (χ1n) is 6.26. The van der Waals surface area contributed by atoms with Crippen LogP contribution in [0.2, 0.25) is 0 Å². The fourth-order valence-corrected chi connectivity index (χ4v) is 3.34. The van der Waals surface area contributed by atoms with E-state index < -0.39 is 0 Å². The minimum atomic E-state index is -0.0723. The molecule has 1 aromatic rings. The van der Waals surface area contributed by atoms with Gasteiger partial charge in [-0.15, -0.1) is 11.8 Å². The molecule has 6 heteroatoms. The van der Waals surface area contributed by atoms with Crippen LogP contribution >= 0.6 is 27.7 Å². The van der Waals surface area contributed by atoms with Gasteiger partial charge in [-0.05, 0) is 44.1 Å². The van der Waals surface area contributed by atoms with Gasteiger partial charge in [0.05, 0.1) is 11.4 Å². The molecule has 1 heterocycles. The van der Waals surface area contributed by atoms with E-state index in [0.717, 1.165) is 30.4 Å². The molecule has 0 aromatic heterocycles. The summed E-state index contributed by atoms with van der Waals surface area (Å²) in [6.45, 7) is 2.07. The van der Waals surface area contributed by atoms with Crippen molar-refractivity contribution in [2.24, 2.45) is 0 Å². The number of amides is 1. The quantitative estimate of drug-likeness (QED) is 0.734. The lowest BCUT2D eigenvalue weighted by Crippen LogP contribution is -2.30. The zero-order chi connectivity index (χ0) is 13.7. The van der Waals surface area contributed by atoms with Crippen LogP contribution in [-0.4, -0.2) is 35.1 Å². The fourth-order valence-electron chi connectivity index (χ4n) is 1.95. The molecule has 1 amide bonds. The molecular formula is C13H17BrN2O2S. The van der Waals surface area contributed by atoms with E-state index in [4.69, 9.17) is 0 Å². The molecule has 2 rings (SSSR count). The summed E-state index contributed by atoms with van der Waals surface area (Å²) in [5.74, 6) is 0.441. The highest BCUT2D eigenvalue weighted by Gasteiger charge is 2.15. The van der Waals surface area contributed by atoms with Crippen molar-refractivity contribution >= 4 is 39.3 Å². The van der Waals surface area contributed by atoms with Crippen molar-refractivity contribution in [3.63, 3.8) is 0 Å². The number of aromatic hydroxyl groups is 1. The van der Waals surface area contributed by atoms with Crippen LogP contribution in [0.1, 0.15) is 12.8 Å². The molecule has 1 saturated heterocycles. The fraction of sp³-hybridized carbons (Fsp3) is 0.462. The van der Waals surface area contributed by atoms with Gasteiger partial charge in [0.1, 0.15) is 5.75 Å². The summed E-state index contributed by atoms with van der Waals surface area (Å²) < 4.78 is 0.826. The summed E-state index contributed by atoms with van der Waals surface area (Å²) >= 11 is 5.00. The standard InChI is InChI=1S/C13H17BrN2O2S/c14-9-1-2-12(17)11(7-9)16-13(18)8-19-10-3-5-15-6-4-10/h1-2,7,10,15,17H,3-6,8H2,(H,16,18). The SMILES string of the molecule is O=C(CSC1CCNCC1)Nc1cc(Br)ccc1O. The van der Waals surface area contributed by atoms with Crippen molar-refractivity contribution in [3.8, 4) is 5.75 Å². The highest BCUT2D eigenvalue weighted by atomic mass is 79.9. The van der Waals surface area contributed by atoms with Crippen LogP contribution in [0, 0.1) is 0 Å². The Balaban J connectivity index is 1.81. The Labute approximate surface area is 125 Å². The first kappa shape index (κ1) is 14.7. The Kier molecular flexibility index (Phi) is 5.54. The van der Waals surface area contributed by atoms with Gasteiger partial charge in [0.15, 0.2) is 0 Å². The number of piperidine rings is 1. The molecule has 0 atom stereocenters. The van der Waals surface area contributed by atoms with E-state index in [1.807, 2.05) is 0 Å². The van der Waals surface area contributed by atoms with Crippen LogP contribution in [0.15, 0.2) is 22.7 Å². The molecule has 0 aliphatic carbocycles. The number of phenolic OH excluding ortho intramolecular Hbond substituents is 1. The highest BCUT2D eigenvalue weighted by molar-refractivity contribution is 9.10. The van der Waals surface area contributed by atoms with Gasteiger partial charge in [0.2, 0.25) is 5.91 Å². The predicted octanol–water partition coefficient (Wildman–Crippen LogP) is 2.58. The summed E-state index contributed by atoms with van der Waals surface area (Å²) in [6, 6.07) is 4.98. The van der Waals surface area contributed by atoms with Crippen LogP contribution < -0.4 is 10.6 Å². The third-order valence-electron chi connectivity index (χ3n) is 2.97. The second-order valence-electron chi connectivity index (χ2n) is 4.47. The normalized spacial score (nSPS) is 16.3. The lowest BCUT2D eigenvalue weighted by Gasteiger charge is -2.21. The number of halogens is 1. The second kappa shape index (κ2) is 7.17. The van der Waals surface area contributed by atoms with Crippen LogP contribution in [0.5, 0.6) is 5.75 Å². The maximum Gasteiger partial charge on any atom is 0.234 e. The number of rotatable bonds is 4. The molecule has 19 heavy (non-hydrogen) atoms. The largest absolute Gasteiger partial charge is 0.506 e. The summed E-state index contributed by atoms with van der Waals surface area (Å²) in [6.07, 6.45) is 2.22. The average molecular weight is 345 g/mol. The number of carbonyl (C=O) groups excluding carboxylic acids is 1. The third kappa shape index (κ3) is 4.71. The summed E-state index contributed by atoms with van der Waals surface area (Å²) in [4.78, 5) is 11.8. The van der Waals surface area contributed by atoms with Crippen LogP contribution in [0.3, 0.4) is 0 Å². The van der Waals surface area contributed by atoms with Crippen molar-refractivity contribution in [2.75, 3.05) is 24.2 Å². The van der Waals surface area contributed by atoms with Gasteiger partial charge in [-0.3, -0.25) is 4.79 Å². The van der Waals surface area contributed by atoms with Crippen molar-refractivity contribution in [2.45, 2.75) is 18.1 Å². The van der Waals surface area contributed by atoms with Gasteiger partial charge in [-0.25, -0.2) is 0 Å². The number of nitrogens with one attached hydrogen (secondary N) is 2. The molecule has 0 radical (unpaired) electrons. The van der Waals surface area contributed by atoms with E-state index in [1.54, 1.807) is 30.0 Å². The van der Waals surface area contributed by atoms with Crippen molar-refractivity contribution in [3.05, 3.63) is 22.7 Å². The number of benzene rings is 1. The van der Waals surface area contributed by atoms with Crippen molar-refractivity contribution in [1.29, 1.82) is 0 Å². The Hall–Kier alpha value is -0.720. The molecule has 1 aromatic carbocycles. The molecule has 1 fully saturated rings. The zero-order valence-electron chi connectivity index (χ0n) is 10.5. The molecule has 3 N–H and O–H groups in total. The van der Waals surface area contributed by atoms with Gasteiger partial charge >= 0.3 is 0 Å². The lowest BCUT2D eigenvalue weighted by molar-refractivity contribution is -0.113. The Bertz CT molecular complexity index is 450. The number of phenols is 1. The maximum absolute atomic E-state index is 11.8. The van der Waals surface area contributed by atoms with Gasteiger partial charge in [-0.1, -0.05) is 15.9 Å². The predicted molar refractivity (Wildman–Crippen MR) is 82.8 cm³/mol. The Morgan fingerprint density at radius 1 is 1.47 bits per heavy atom. The highest BCUT2D eigenvalue weighted by Crippen LogP contribution is 2.27. The van der Waals surface area contributed by atoms with Crippen molar-refractivity contribution < 1.29 is 9.90 Å². The molecule has 0 bridgehead atoms. The number of thioether (sulfide) groups is 1. The maximum atomic E-state index is 11.8. The number of hydrogen-bond acceptors (Lipinski definition) is 4. The van der Waals surface area contributed by atoms with Crippen LogP contribution in [0.25, 0.3) is 0 Å². The summed E-state index contributed by atoms with van der Waals surface area (Å²) in [7, 11) is 0. The molecule has 4 nitrogen and oxygen atoms in total. The van der Waals surface area contributed by atoms with E-state index in [2.05, 4.69) is 26.6 Å². The van der Waals surface area contributed by atoms with Crippen LogP contribution in [-0.2, 0) is 4.79 Å². The molecule has 0 unspecified atom stereocenters. The lowest BCUT2D eigenvalue weighted by atomic mass is 10.2. The third-order valence-corrected chi connectivity index (χ3v) is 4.83. The number of hydrogen-bond donors (Lipinski definition) is 3. The minimum Gasteiger partial charge on any atom is -0.506 e. The van der Waals surface area contributed by atoms with Crippen molar-refractivity contribution in [1.82, 2.24) is 5.32 Å².